The topological polar surface area (TPSA) is 32.3 Å². The van der Waals surface area contributed by atoms with Gasteiger partial charge in [0.1, 0.15) is 0 Å². The van der Waals surface area contributed by atoms with Gasteiger partial charge < -0.3 is 10.2 Å². The molecular formula is C11H24N2OS. The lowest BCUT2D eigenvalue weighted by Gasteiger charge is -2.30. The van der Waals surface area contributed by atoms with Gasteiger partial charge >= 0.3 is 0 Å². The van der Waals surface area contributed by atoms with Gasteiger partial charge in [0.15, 0.2) is 0 Å². The molecule has 15 heavy (non-hydrogen) atoms. The Labute approximate surface area is 96.1 Å². The summed E-state index contributed by atoms with van der Waals surface area (Å²) in [6.07, 6.45) is 4.18. The molecule has 1 aliphatic heterocycles. The van der Waals surface area contributed by atoms with Crippen LogP contribution in [0.2, 0.25) is 0 Å². The zero-order chi connectivity index (χ0) is 11.3. The van der Waals surface area contributed by atoms with Crippen molar-refractivity contribution in [2.24, 2.45) is 0 Å². The Balaban J connectivity index is 2.33. The van der Waals surface area contributed by atoms with E-state index in [0.29, 0.717) is 12.1 Å². The Morgan fingerprint density at radius 1 is 1.27 bits per heavy atom. The molecule has 0 aromatic heterocycles. The fourth-order valence-corrected chi connectivity index (χ4v) is 2.51. The summed E-state index contributed by atoms with van der Waals surface area (Å²) in [7, 11) is -0.652. The van der Waals surface area contributed by atoms with E-state index in [0.717, 1.165) is 25.4 Å². The molecule has 90 valence electrons. The second kappa shape index (κ2) is 6.61. The molecule has 1 N–H and O–H groups in total. The molecule has 3 atom stereocenters. The van der Waals surface area contributed by atoms with E-state index in [2.05, 4.69) is 24.1 Å². The molecule has 3 nitrogen and oxygen atoms in total. The van der Waals surface area contributed by atoms with Crippen molar-refractivity contribution in [3.63, 3.8) is 0 Å². The second-order valence-corrected chi connectivity index (χ2v) is 6.22. The third-order valence-corrected chi connectivity index (χ3v) is 3.78. The van der Waals surface area contributed by atoms with Crippen LogP contribution in [0.25, 0.3) is 0 Å². The van der Waals surface area contributed by atoms with Gasteiger partial charge in [-0.25, -0.2) is 0 Å². The van der Waals surface area contributed by atoms with Gasteiger partial charge in [-0.1, -0.05) is 0 Å². The van der Waals surface area contributed by atoms with Crippen LogP contribution in [-0.4, -0.2) is 52.8 Å². The molecule has 0 aliphatic carbocycles. The Morgan fingerprint density at radius 3 is 2.27 bits per heavy atom. The number of hydrogen-bond donors (Lipinski definition) is 1. The van der Waals surface area contributed by atoms with Crippen LogP contribution in [0.5, 0.6) is 0 Å². The third-order valence-electron chi connectivity index (χ3n) is 3.02. The van der Waals surface area contributed by atoms with Gasteiger partial charge in [0.25, 0.3) is 0 Å². The van der Waals surface area contributed by atoms with E-state index < -0.39 is 10.8 Å². The smallest absolute Gasteiger partial charge is 0.0359 e. The first kappa shape index (κ1) is 13.1. The van der Waals surface area contributed by atoms with Crippen molar-refractivity contribution in [3.8, 4) is 0 Å². The molecule has 1 heterocycles. The molecule has 1 rings (SSSR count). The fourth-order valence-electron chi connectivity index (χ4n) is 2.00. The zero-order valence-electron chi connectivity index (χ0n) is 10.2. The van der Waals surface area contributed by atoms with E-state index in [1.807, 2.05) is 0 Å². The minimum atomic E-state index is -0.652. The van der Waals surface area contributed by atoms with E-state index in [1.54, 1.807) is 6.26 Å². The highest BCUT2D eigenvalue weighted by Gasteiger charge is 2.15. The SMILES string of the molecule is CC1CCN(CCS(C)=O)CCC(C)N1. The normalized spacial score (nSPS) is 31.9. The lowest BCUT2D eigenvalue weighted by Crippen LogP contribution is -2.43. The largest absolute Gasteiger partial charge is 0.312 e. The summed E-state index contributed by atoms with van der Waals surface area (Å²) in [5.41, 5.74) is 0. The van der Waals surface area contributed by atoms with E-state index in [1.165, 1.54) is 12.8 Å². The third kappa shape index (κ3) is 5.64. The monoisotopic (exact) mass is 232 g/mol. The highest BCUT2D eigenvalue weighted by Crippen LogP contribution is 2.06. The molecule has 0 bridgehead atoms. The lowest BCUT2D eigenvalue weighted by atomic mass is 10.1. The fraction of sp³-hybridized carbons (Fsp3) is 1.00. The second-order valence-electron chi connectivity index (χ2n) is 4.67. The predicted molar refractivity (Wildman–Crippen MR) is 66.7 cm³/mol. The van der Waals surface area contributed by atoms with Crippen LogP contribution in [0.3, 0.4) is 0 Å². The number of nitrogens with zero attached hydrogens (tertiary/aromatic N) is 1. The van der Waals surface area contributed by atoms with Crippen LogP contribution in [-0.2, 0) is 10.8 Å². The van der Waals surface area contributed by atoms with Crippen LogP contribution in [0, 0.1) is 0 Å². The first-order valence-corrected chi connectivity index (χ1v) is 7.59. The quantitative estimate of drug-likeness (QED) is 0.782. The minimum Gasteiger partial charge on any atom is -0.312 e. The van der Waals surface area contributed by atoms with E-state index in [9.17, 15) is 4.21 Å². The minimum absolute atomic E-state index is 0.606. The van der Waals surface area contributed by atoms with E-state index in [-0.39, 0.29) is 0 Å². The van der Waals surface area contributed by atoms with Crippen LogP contribution in [0.15, 0.2) is 0 Å². The van der Waals surface area contributed by atoms with Gasteiger partial charge in [0, 0.05) is 41.4 Å². The maximum atomic E-state index is 11.0. The van der Waals surface area contributed by atoms with Crippen molar-refractivity contribution in [2.45, 2.75) is 38.8 Å². The van der Waals surface area contributed by atoms with Gasteiger partial charge in [-0.2, -0.15) is 0 Å². The van der Waals surface area contributed by atoms with Crippen LogP contribution in [0.1, 0.15) is 26.7 Å². The molecule has 0 aromatic rings. The molecule has 4 heteroatoms. The van der Waals surface area contributed by atoms with Crippen LogP contribution in [0.4, 0.5) is 0 Å². The van der Waals surface area contributed by atoms with Crippen LogP contribution < -0.4 is 5.32 Å². The van der Waals surface area contributed by atoms with E-state index in [4.69, 9.17) is 0 Å². The molecule has 1 saturated heterocycles. The molecule has 0 radical (unpaired) electrons. The summed E-state index contributed by atoms with van der Waals surface area (Å²) in [6.45, 7) is 7.76. The first-order chi connectivity index (χ1) is 7.08. The summed E-state index contributed by atoms with van der Waals surface area (Å²) < 4.78 is 11.0. The maximum Gasteiger partial charge on any atom is 0.0359 e. The Bertz CT molecular complexity index is 199. The lowest BCUT2D eigenvalue weighted by molar-refractivity contribution is 0.229. The Morgan fingerprint density at radius 2 is 1.80 bits per heavy atom. The van der Waals surface area contributed by atoms with E-state index >= 15 is 0 Å². The van der Waals surface area contributed by atoms with Gasteiger partial charge in [-0.05, 0) is 39.8 Å². The first-order valence-electron chi connectivity index (χ1n) is 5.86. The summed E-state index contributed by atoms with van der Waals surface area (Å²) in [5, 5.41) is 3.58. The zero-order valence-corrected chi connectivity index (χ0v) is 11.0. The van der Waals surface area contributed by atoms with Crippen molar-refractivity contribution < 1.29 is 4.21 Å². The summed E-state index contributed by atoms with van der Waals surface area (Å²) in [4.78, 5) is 2.45. The number of rotatable bonds is 3. The van der Waals surface area contributed by atoms with Crippen LogP contribution >= 0.6 is 0 Å². The molecule has 0 spiro atoms. The predicted octanol–water partition coefficient (Wildman–Crippen LogP) is 0.827. The van der Waals surface area contributed by atoms with Gasteiger partial charge in [0.05, 0.1) is 0 Å². The average molecular weight is 232 g/mol. The average Bonchev–Trinajstić information content (AvgIpc) is 2.13. The molecule has 1 aliphatic rings. The van der Waals surface area contributed by atoms with Crippen molar-refractivity contribution in [1.29, 1.82) is 0 Å². The molecule has 0 saturated carbocycles. The molecule has 1 fully saturated rings. The molecule has 0 aromatic carbocycles. The summed E-state index contributed by atoms with van der Waals surface area (Å²) in [5.74, 6) is 0.816. The highest BCUT2D eigenvalue weighted by molar-refractivity contribution is 7.84. The summed E-state index contributed by atoms with van der Waals surface area (Å²) >= 11 is 0. The van der Waals surface area contributed by atoms with Crippen molar-refractivity contribution >= 4 is 10.8 Å². The Hall–Kier alpha value is 0.0700. The van der Waals surface area contributed by atoms with Crippen molar-refractivity contribution in [2.75, 3.05) is 31.6 Å². The molecule has 3 unspecified atom stereocenters. The maximum absolute atomic E-state index is 11.0. The molecule has 0 amide bonds. The van der Waals surface area contributed by atoms with Crippen molar-refractivity contribution in [1.82, 2.24) is 10.2 Å². The number of hydrogen-bond acceptors (Lipinski definition) is 3. The number of nitrogens with one attached hydrogen (secondary N) is 1. The Kier molecular flexibility index (Phi) is 5.79. The standard InChI is InChI=1S/C11H24N2OS/c1-10-4-6-13(8-9-15(3)14)7-5-11(2)12-10/h10-12H,4-9H2,1-3H3. The molecular weight excluding hydrogens is 208 g/mol. The van der Waals surface area contributed by atoms with Crippen molar-refractivity contribution in [3.05, 3.63) is 0 Å². The highest BCUT2D eigenvalue weighted by atomic mass is 32.2. The summed E-state index contributed by atoms with van der Waals surface area (Å²) in [6, 6.07) is 1.21. The van der Waals surface area contributed by atoms with Gasteiger partial charge in [-0.15, -0.1) is 0 Å². The van der Waals surface area contributed by atoms with Gasteiger partial charge in [-0.3, -0.25) is 4.21 Å². The van der Waals surface area contributed by atoms with Gasteiger partial charge in [0.2, 0.25) is 0 Å².